The number of hydrogen-bond acceptors (Lipinski definition) is 3. The van der Waals surface area contributed by atoms with Gasteiger partial charge in [0.05, 0.1) is 16.6 Å². The molecule has 138 valence electrons. The molecule has 0 saturated heterocycles. The second-order valence-electron chi connectivity index (χ2n) is 6.67. The van der Waals surface area contributed by atoms with E-state index in [0.29, 0.717) is 29.4 Å². The molecule has 0 atom stereocenters. The van der Waals surface area contributed by atoms with Crippen LogP contribution in [-0.4, -0.2) is 15.8 Å². The molecule has 1 aliphatic rings. The van der Waals surface area contributed by atoms with E-state index in [1.54, 1.807) is 10.8 Å². The van der Waals surface area contributed by atoms with Gasteiger partial charge in [-0.1, -0.05) is 54.6 Å². The van der Waals surface area contributed by atoms with E-state index < -0.39 is 0 Å². The molecule has 2 heterocycles. The van der Waals surface area contributed by atoms with Crippen molar-refractivity contribution >= 4 is 22.8 Å². The zero-order valence-electron chi connectivity index (χ0n) is 15.6. The molecule has 0 bridgehead atoms. The van der Waals surface area contributed by atoms with Crippen LogP contribution in [0.25, 0.3) is 27.6 Å². The molecule has 28 heavy (non-hydrogen) atoms. The quantitative estimate of drug-likeness (QED) is 0.635. The van der Waals surface area contributed by atoms with Crippen molar-refractivity contribution in [1.29, 1.82) is 0 Å². The van der Waals surface area contributed by atoms with Crippen molar-refractivity contribution in [2.24, 2.45) is 0 Å². The van der Waals surface area contributed by atoms with Crippen molar-refractivity contribution < 1.29 is 4.79 Å². The second-order valence-corrected chi connectivity index (χ2v) is 6.67. The summed E-state index contributed by atoms with van der Waals surface area (Å²) in [6.45, 7) is 2.57. The van der Waals surface area contributed by atoms with Crippen LogP contribution in [0.1, 0.15) is 19.0 Å². The first-order chi connectivity index (χ1) is 13.7. The minimum atomic E-state index is -0.0332. The molecule has 0 N–H and O–H groups in total. The molecule has 0 unspecified atom stereocenters. The molecule has 1 aromatic carbocycles. The van der Waals surface area contributed by atoms with Gasteiger partial charge in [0.1, 0.15) is 6.29 Å². The molecule has 0 fully saturated rings. The summed E-state index contributed by atoms with van der Waals surface area (Å²) in [5, 5.41) is 0.612. The molecule has 4 nitrogen and oxygen atoms in total. The lowest BCUT2D eigenvalue weighted by atomic mass is 9.96. The predicted octanol–water partition coefficient (Wildman–Crippen LogP) is 4.55. The largest absolute Gasteiger partial charge is 0.315 e. The van der Waals surface area contributed by atoms with Crippen LogP contribution in [0, 0.1) is 0 Å². The Bertz CT molecular complexity index is 1200. The summed E-state index contributed by atoms with van der Waals surface area (Å²) < 4.78 is 1.69. The van der Waals surface area contributed by atoms with E-state index in [0.717, 1.165) is 28.7 Å². The Hall–Kier alpha value is -3.53. The number of fused-ring (bicyclic) bond motifs is 1. The Labute approximate surface area is 163 Å². The maximum absolute atomic E-state index is 12.8. The Kier molecular flexibility index (Phi) is 4.85. The van der Waals surface area contributed by atoms with Crippen molar-refractivity contribution in [2.75, 3.05) is 0 Å². The Morgan fingerprint density at radius 2 is 1.96 bits per heavy atom. The van der Waals surface area contributed by atoms with E-state index in [2.05, 4.69) is 0 Å². The molecular formula is C24H20N2O2. The van der Waals surface area contributed by atoms with Gasteiger partial charge >= 0.3 is 0 Å². The number of carbonyl (C=O) groups excluding carboxylic acids is 1. The Morgan fingerprint density at radius 1 is 1.14 bits per heavy atom. The highest BCUT2D eigenvalue weighted by atomic mass is 16.1. The number of aromatic nitrogens is 2. The van der Waals surface area contributed by atoms with Gasteiger partial charge in [-0.3, -0.25) is 9.59 Å². The van der Waals surface area contributed by atoms with E-state index in [9.17, 15) is 9.59 Å². The zero-order valence-corrected chi connectivity index (χ0v) is 15.6. The number of carbonyl (C=O) groups is 1. The fourth-order valence-corrected chi connectivity index (χ4v) is 3.44. The van der Waals surface area contributed by atoms with Crippen LogP contribution in [0.4, 0.5) is 0 Å². The summed E-state index contributed by atoms with van der Waals surface area (Å²) in [6, 6.07) is 13.8. The standard InChI is InChI=1S/C24H20N2O2/c1-2-26-14-13-22-21(24(26)28)15-20(18-8-4-3-5-9-18)23(25-22)19-10-6-7-17(16-27)11-12-19/h3-9,11-16H,2,10H2,1H3. The number of pyridine rings is 2. The van der Waals surface area contributed by atoms with Crippen LogP contribution in [0.5, 0.6) is 0 Å². The normalized spacial score (nSPS) is 13.8. The minimum Gasteiger partial charge on any atom is -0.315 e. The van der Waals surface area contributed by atoms with E-state index in [-0.39, 0.29) is 5.56 Å². The smallest absolute Gasteiger partial charge is 0.260 e. The number of aryl methyl sites for hydroxylation is 1. The van der Waals surface area contributed by atoms with Crippen molar-refractivity contribution in [3.05, 3.63) is 94.6 Å². The van der Waals surface area contributed by atoms with Crippen molar-refractivity contribution in [3.63, 3.8) is 0 Å². The van der Waals surface area contributed by atoms with Gasteiger partial charge < -0.3 is 4.57 Å². The Balaban J connectivity index is 2.01. The van der Waals surface area contributed by atoms with E-state index in [1.807, 2.05) is 73.7 Å². The lowest BCUT2D eigenvalue weighted by Crippen LogP contribution is -2.19. The summed E-state index contributed by atoms with van der Waals surface area (Å²) in [5.41, 5.74) is 5.04. The van der Waals surface area contributed by atoms with Crippen LogP contribution in [0.3, 0.4) is 0 Å². The molecule has 0 spiro atoms. The van der Waals surface area contributed by atoms with Crippen LogP contribution < -0.4 is 5.56 Å². The van der Waals surface area contributed by atoms with Crippen LogP contribution in [0.2, 0.25) is 0 Å². The highest BCUT2D eigenvalue weighted by Crippen LogP contribution is 2.32. The zero-order chi connectivity index (χ0) is 19.5. The van der Waals surface area contributed by atoms with Crippen molar-refractivity contribution in [2.45, 2.75) is 19.9 Å². The highest BCUT2D eigenvalue weighted by Gasteiger charge is 2.15. The Morgan fingerprint density at radius 3 is 2.71 bits per heavy atom. The van der Waals surface area contributed by atoms with Gasteiger partial charge in [-0.05, 0) is 36.6 Å². The third-order valence-electron chi connectivity index (χ3n) is 4.95. The number of rotatable bonds is 4. The third-order valence-corrected chi connectivity index (χ3v) is 4.95. The van der Waals surface area contributed by atoms with E-state index in [1.165, 1.54) is 0 Å². The molecule has 1 aliphatic carbocycles. The minimum absolute atomic E-state index is 0.0332. The average Bonchev–Trinajstić information content (AvgIpc) is 2.99. The highest BCUT2D eigenvalue weighted by molar-refractivity contribution is 5.90. The molecule has 4 heteroatoms. The van der Waals surface area contributed by atoms with Crippen LogP contribution in [0.15, 0.2) is 83.3 Å². The number of hydrogen-bond donors (Lipinski definition) is 0. The number of allylic oxidation sites excluding steroid dienone is 6. The first-order valence-electron chi connectivity index (χ1n) is 9.34. The topological polar surface area (TPSA) is 52.0 Å². The first kappa shape index (κ1) is 17.9. The van der Waals surface area contributed by atoms with Crippen LogP contribution >= 0.6 is 0 Å². The number of aldehydes is 1. The second kappa shape index (κ2) is 7.61. The molecule has 0 amide bonds. The summed E-state index contributed by atoms with van der Waals surface area (Å²) in [6.07, 6.45) is 10.8. The van der Waals surface area contributed by atoms with Gasteiger partial charge in [0.2, 0.25) is 0 Å². The summed E-state index contributed by atoms with van der Waals surface area (Å²) in [5.74, 6) is 0. The monoisotopic (exact) mass is 368 g/mol. The van der Waals surface area contributed by atoms with Gasteiger partial charge in [0.15, 0.2) is 0 Å². The third kappa shape index (κ3) is 3.25. The molecule has 3 aromatic rings. The van der Waals surface area contributed by atoms with Gasteiger partial charge in [-0.2, -0.15) is 0 Å². The van der Waals surface area contributed by atoms with Crippen molar-refractivity contribution in [1.82, 2.24) is 9.55 Å². The maximum atomic E-state index is 12.8. The van der Waals surface area contributed by atoms with E-state index in [4.69, 9.17) is 4.98 Å². The number of benzene rings is 1. The van der Waals surface area contributed by atoms with Gasteiger partial charge in [0.25, 0.3) is 5.56 Å². The van der Waals surface area contributed by atoms with Gasteiger partial charge in [0, 0.05) is 23.9 Å². The lowest BCUT2D eigenvalue weighted by Gasteiger charge is -2.13. The van der Waals surface area contributed by atoms with Crippen LogP contribution in [-0.2, 0) is 11.3 Å². The molecule has 0 saturated carbocycles. The molecule has 2 aromatic heterocycles. The maximum Gasteiger partial charge on any atom is 0.260 e. The van der Waals surface area contributed by atoms with Crippen molar-refractivity contribution in [3.8, 4) is 11.1 Å². The average molecular weight is 368 g/mol. The molecular weight excluding hydrogens is 348 g/mol. The summed E-state index contributed by atoms with van der Waals surface area (Å²) >= 11 is 0. The SMILES string of the molecule is CCn1ccc2nc(C3=CC=C(C=O)C=CC3)c(-c3ccccc3)cc2c1=O. The summed E-state index contributed by atoms with van der Waals surface area (Å²) in [4.78, 5) is 28.8. The molecule has 0 aliphatic heterocycles. The van der Waals surface area contributed by atoms with E-state index >= 15 is 0 Å². The lowest BCUT2D eigenvalue weighted by molar-refractivity contribution is -0.104. The summed E-state index contributed by atoms with van der Waals surface area (Å²) in [7, 11) is 0. The first-order valence-corrected chi connectivity index (χ1v) is 9.34. The molecule has 4 rings (SSSR count). The number of nitrogens with zero attached hydrogens (tertiary/aromatic N) is 2. The fraction of sp³-hybridized carbons (Fsp3) is 0.125. The van der Waals surface area contributed by atoms with Gasteiger partial charge in [-0.25, -0.2) is 4.98 Å². The predicted molar refractivity (Wildman–Crippen MR) is 113 cm³/mol. The molecule has 0 radical (unpaired) electrons. The van der Waals surface area contributed by atoms with Gasteiger partial charge in [-0.15, -0.1) is 0 Å². The fourth-order valence-electron chi connectivity index (χ4n) is 3.44.